The standard InChI is InChI=1S/C33H33ClFN7O3/c1-40-12-10-37-18-27-26(6-3-7-29(27)36)21-4-2-5-24(14-21)45-25-16-31(32(43)38-11-13-40)41(20-25)33(44)22-17-39-42(19-22)30-9-8-23(35)15-28(30)34/h2-9,14-15,17-19,25,31H,10-13,16,20,36H2,1H3,(H,38,43). The largest absolute Gasteiger partial charge is 0.488 e. The van der Waals surface area contributed by atoms with Gasteiger partial charge in [0.2, 0.25) is 5.91 Å². The Morgan fingerprint density at radius 3 is 2.82 bits per heavy atom. The van der Waals surface area contributed by atoms with Crippen LogP contribution in [-0.2, 0) is 4.79 Å². The van der Waals surface area contributed by atoms with Gasteiger partial charge in [-0.15, -0.1) is 0 Å². The molecule has 2 aliphatic rings. The Morgan fingerprint density at radius 1 is 1.13 bits per heavy atom. The van der Waals surface area contributed by atoms with Gasteiger partial charge in [0.1, 0.15) is 23.7 Å². The maximum Gasteiger partial charge on any atom is 0.257 e. The molecule has 0 radical (unpaired) electrons. The molecule has 3 heterocycles. The third-order valence-corrected chi connectivity index (χ3v) is 8.33. The van der Waals surface area contributed by atoms with Gasteiger partial charge in [0.05, 0.1) is 35.6 Å². The second-order valence-corrected chi connectivity index (χ2v) is 11.6. The van der Waals surface area contributed by atoms with Crippen molar-refractivity contribution in [1.29, 1.82) is 0 Å². The summed E-state index contributed by atoms with van der Waals surface area (Å²) in [5.41, 5.74) is 10.4. The number of carbonyl (C=O) groups excluding carboxylic acids is 2. The van der Waals surface area contributed by atoms with E-state index < -0.39 is 18.0 Å². The predicted octanol–water partition coefficient (Wildman–Crippen LogP) is 4.06. The third kappa shape index (κ3) is 6.69. The number of anilines is 1. The van der Waals surface area contributed by atoms with Crippen molar-refractivity contribution in [3.8, 4) is 22.6 Å². The summed E-state index contributed by atoms with van der Waals surface area (Å²) < 4.78 is 21.4. The van der Waals surface area contributed by atoms with Crippen LogP contribution < -0.4 is 15.8 Å². The van der Waals surface area contributed by atoms with Gasteiger partial charge in [0.25, 0.3) is 5.91 Å². The highest BCUT2D eigenvalue weighted by Gasteiger charge is 2.41. The van der Waals surface area contributed by atoms with Crippen molar-refractivity contribution in [2.45, 2.75) is 18.6 Å². The van der Waals surface area contributed by atoms with E-state index in [1.807, 2.05) is 55.7 Å². The lowest BCUT2D eigenvalue weighted by Gasteiger charge is -2.23. The van der Waals surface area contributed by atoms with Crippen LogP contribution in [0.25, 0.3) is 16.8 Å². The van der Waals surface area contributed by atoms with Crippen LogP contribution in [0.3, 0.4) is 0 Å². The molecule has 0 aliphatic carbocycles. The Labute approximate surface area is 265 Å². The number of carbonyl (C=O) groups is 2. The first-order chi connectivity index (χ1) is 21.8. The number of nitrogens with one attached hydrogen (secondary N) is 1. The Kier molecular flexibility index (Phi) is 8.81. The molecule has 2 unspecified atom stereocenters. The molecule has 2 aliphatic heterocycles. The first-order valence-electron chi connectivity index (χ1n) is 14.7. The number of nitrogens with zero attached hydrogens (tertiary/aromatic N) is 5. The van der Waals surface area contributed by atoms with Gasteiger partial charge in [-0.1, -0.05) is 35.9 Å². The highest BCUT2D eigenvalue weighted by molar-refractivity contribution is 6.32. The predicted molar refractivity (Wildman–Crippen MR) is 172 cm³/mol. The number of hydrogen-bond donors (Lipinski definition) is 2. The monoisotopic (exact) mass is 629 g/mol. The lowest BCUT2D eigenvalue weighted by atomic mass is 9.98. The second kappa shape index (κ2) is 13.1. The molecule has 1 saturated heterocycles. The van der Waals surface area contributed by atoms with Gasteiger partial charge < -0.3 is 25.6 Å². The summed E-state index contributed by atoms with van der Waals surface area (Å²) in [6.07, 6.45) is 4.62. The summed E-state index contributed by atoms with van der Waals surface area (Å²) in [6, 6.07) is 16.6. The van der Waals surface area contributed by atoms with Crippen LogP contribution in [-0.4, -0.2) is 89.5 Å². The van der Waals surface area contributed by atoms with Crippen LogP contribution >= 0.6 is 11.6 Å². The van der Waals surface area contributed by atoms with Crippen LogP contribution in [0.5, 0.6) is 5.75 Å². The molecule has 2 atom stereocenters. The van der Waals surface area contributed by atoms with Crippen molar-refractivity contribution >= 4 is 35.3 Å². The molecule has 6 rings (SSSR count). The van der Waals surface area contributed by atoms with Crippen LogP contribution in [0.2, 0.25) is 5.02 Å². The number of nitrogen functional groups attached to an aromatic ring is 1. The number of halogens is 2. The molecule has 10 nitrogen and oxygen atoms in total. The number of nitrogens with two attached hydrogens (primary N) is 1. The number of likely N-dealkylation sites (N-methyl/N-ethyl adjacent to an activating group) is 1. The lowest BCUT2D eigenvalue weighted by Crippen LogP contribution is -2.47. The molecule has 2 amide bonds. The first-order valence-corrected chi connectivity index (χ1v) is 15.1. The molecule has 3 aromatic carbocycles. The summed E-state index contributed by atoms with van der Waals surface area (Å²) in [4.78, 5) is 35.5. The van der Waals surface area contributed by atoms with E-state index in [0.29, 0.717) is 49.7 Å². The first kappa shape index (κ1) is 30.3. The molecule has 3 N–H and O–H groups in total. The molecular weight excluding hydrogens is 597 g/mol. The fraction of sp³-hybridized carbons (Fsp3) is 0.273. The Morgan fingerprint density at radius 2 is 1.98 bits per heavy atom. The van der Waals surface area contributed by atoms with Crippen LogP contribution in [0.15, 0.2) is 78.0 Å². The van der Waals surface area contributed by atoms with Crippen molar-refractivity contribution in [3.05, 3.63) is 95.0 Å². The molecule has 45 heavy (non-hydrogen) atoms. The molecule has 12 heteroatoms. The Balaban J connectivity index is 1.30. The number of likely N-dealkylation sites (tertiary alicyclic amines) is 1. The van der Waals surface area contributed by atoms with E-state index in [1.54, 1.807) is 0 Å². The maximum absolute atomic E-state index is 13.8. The number of rotatable bonds is 2. The van der Waals surface area contributed by atoms with Gasteiger partial charge in [-0.25, -0.2) is 9.07 Å². The van der Waals surface area contributed by atoms with Crippen LogP contribution in [0.1, 0.15) is 22.3 Å². The summed E-state index contributed by atoms with van der Waals surface area (Å²) in [5.74, 6) is -0.494. The van der Waals surface area contributed by atoms with Crippen molar-refractivity contribution in [2.24, 2.45) is 4.99 Å². The van der Waals surface area contributed by atoms with Crippen molar-refractivity contribution in [2.75, 3.05) is 45.5 Å². The Hall–Kier alpha value is -4.74. The Bertz CT molecular complexity index is 1760. The summed E-state index contributed by atoms with van der Waals surface area (Å²) in [5, 5.41) is 7.42. The summed E-state index contributed by atoms with van der Waals surface area (Å²) in [7, 11) is 1.97. The topological polar surface area (TPSA) is 118 Å². The molecular formula is C33H33ClFN7O3. The fourth-order valence-corrected chi connectivity index (χ4v) is 5.90. The summed E-state index contributed by atoms with van der Waals surface area (Å²) >= 11 is 6.22. The van der Waals surface area contributed by atoms with Gasteiger partial charge in [0.15, 0.2) is 0 Å². The molecule has 232 valence electrons. The minimum absolute atomic E-state index is 0.156. The quantitative estimate of drug-likeness (QED) is 0.323. The van der Waals surface area contributed by atoms with E-state index in [9.17, 15) is 14.0 Å². The zero-order chi connectivity index (χ0) is 31.5. The average Bonchev–Trinajstić information content (AvgIpc) is 3.67. The summed E-state index contributed by atoms with van der Waals surface area (Å²) in [6.45, 7) is 2.46. The normalized spacial score (nSPS) is 19.3. The fourth-order valence-electron chi connectivity index (χ4n) is 5.65. The number of amides is 2. The third-order valence-electron chi connectivity index (χ3n) is 8.02. The molecule has 1 fully saturated rings. The van der Waals surface area contributed by atoms with Crippen LogP contribution in [0.4, 0.5) is 10.1 Å². The smallest absolute Gasteiger partial charge is 0.257 e. The van der Waals surface area contributed by atoms with Crippen molar-refractivity contribution in [1.82, 2.24) is 24.9 Å². The number of benzene rings is 3. The number of hydrogen-bond acceptors (Lipinski definition) is 7. The van der Waals surface area contributed by atoms with Gasteiger partial charge in [-0.05, 0) is 54.6 Å². The zero-order valence-corrected chi connectivity index (χ0v) is 25.5. The van der Waals surface area contributed by atoms with Gasteiger partial charge in [-0.2, -0.15) is 5.10 Å². The van der Waals surface area contributed by atoms with Crippen molar-refractivity contribution in [3.63, 3.8) is 0 Å². The van der Waals surface area contributed by atoms with Gasteiger partial charge in [-0.3, -0.25) is 14.6 Å². The number of fused-ring (bicyclic) bond motifs is 6. The van der Waals surface area contributed by atoms with E-state index in [-0.39, 0.29) is 28.9 Å². The average molecular weight is 630 g/mol. The van der Waals surface area contributed by atoms with Crippen LogP contribution in [0, 0.1) is 5.82 Å². The SMILES string of the molecule is CN1CCN=Cc2c(N)cccc2-c2cccc(c2)OC2CC(C(=O)NCC1)N(C(=O)c1cnn(-c3ccc(F)cc3Cl)c1)C2. The molecule has 4 aromatic rings. The molecule has 1 aromatic heterocycles. The van der Waals surface area contributed by atoms with E-state index in [1.165, 1.54) is 40.2 Å². The van der Waals surface area contributed by atoms with Gasteiger partial charge in [0, 0.05) is 49.7 Å². The van der Waals surface area contributed by atoms with E-state index in [4.69, 9.17) is 22.1 Å². The van der Waals surface area contributed by atoms with Gasteiger partial charge >= 0.3 is 0 Å². The minimum Gasteiger partial charge on any atom is -0.488 e. The number of aliphatic imine (C=N–C) groups is 1. The zero-order valence-electron chi connectivity index (χ0n) is 24.7. The minimum atomic E-state index is -0.752. The van der Waals surface area contributed by atoms with E-state index >= 15 is 0 Å². The lowest BCUT2D eigenvalue weighted by molar-refractivity contribution is -0.124. The highest BCUT2D eigenvalue weighted by atomic mass is 35.5. The number of ether oxygens (including phenoxy) is 1. The second-order valence-electron chi connectivity index (χ2n) is 11.2. The highest BCUT2D eigenvalue weighted by Crippen LogP contribution is 2.32. The number of aromatic nitrogens is 2. The molecule has 4 bridgehead atoms. The van der Waals surface area contributed by atoms with E-state index in [0.717, 1.165) is 16.7 Å². The molecule has 0 spiro atoms. The maximum atomic E-state index is 13.8. The van der Waals surface area contributed by atoms with E-state index in [2.05, 4.69) is 20.3 Å². The van der Waals surface area contributed by atoms with Crippen molar-refractivity contribution < 1.29 is 18.7 Å². The molecule has 0 saturated carbocycles.